The fourth-order valence-electron chi connectivity index (χ4n) is 2.40. The van der Waals surface area contributed by atoms with Gasteiger partial charge in [-0.2, -0.15) is 0 Å². The molecule has 0 aromatic carbocycles. The minimum Gasteiger partial charge on any atom is -0.465 e. The molecule has 0 heterocycles. The third-order valence-electron chi connectivity index (χ3n) is 3.43. The molecule has 1 fully saturated rings. The molecular formula is C14H21ClO3. The Bertz CT molecular complexity index is 325. The average Bonchev–Trinajstić information content (AvgIpc) is 2.54. The third-order valence-corrected chi connectivity index (χ3v) is 3.61. The second kappa shape index (κ2) is 7.57. The van der Waals surface area contributed by atoms with E-state index in [-0.39, 0.29) is 11.8 Å². The normalized spacial score (nSPS) is 25.1. The molecule has 0 aromatic heterocycles. The van der Waals surface area contributed by atoms with Crippen LogP contribution in [0.15, 0.2) is 12.2 Å². The summed E-state index contributed by atoms with van der Waals surface area (Å²) in [7, 11) is 0. The van der Waals surface area contributed by atoms with Crippen molar-refractivity contribution in [1.29, 1.82) is 0 Å². The molecule has 1 aliphatic carbocycles. The number of hydrogen-bond acceptors (Lipinski definition) is 3. The molecule has 1 aliphatic rings. The van der Waals surface area contributed by atoms with E-state index >= 15 is 0 Å². The van der Waals surface area contributed by atoms with Gasteiger partial charge in [0.1, 0.15) is 11.2 Å². The van der Waals surface area contributed by atoms with E-state index in [4.69, 9.17) is 16.3 Å². The summed E-state index contributed by atoms with van der Waals surface area (Å²) in [4.78, 5) is 24.4. The van der Waals surface area contributed by atoms with E-state index in [1.165, 1.54) is 0 Å². The second-order valence-corrected chi connectivity index (χ2v) is 4.92. The summed E-state index contributed by atoms with van der Waals surface area (Å²) in [5, 5.41) is 0. The maximum absolute atomic E-state index is 12.3. The third kappa shape index (κ3) is 3.58. The summed E-state index contributed by atoms with van der Waals surface area (Å²) < 4.78 is 5.11. The maximum atomic E-state index is 12.3. The fraction of sp³-hybridized carbons (Fsp3) is 0.714. The van der Waals surface area contributed by atoms with Crippen LogP contribution in [0.2, 0.25) is 0 Å². The Labute approximate surface area is 114 Å². The standard InChI is InChI=1S/C14H21ClO3/c1-2-18-13(17)14(10-6-7-11-15)9-5-3-4-8-12(14)16/h6-7H,2-5,8-11H2,1H3/b7-6-. The van der Waals surface area contributed by atoms with Crippen molar-refractivity contribution in [1.82, 2.24) is 0 Å². The summed E-state index contributed by atoms with van der Waals surface area (Å²) in [5.41, 5.74) is -0.963. The molecule has 1 saturated carbocycles. The predicted octanol–water partition coefficient (Wildman–Crippen LogP) is 3.25. The summed E-state index contributed by atoms with van der Waals surface area (Å²) in [6.07, 6.45) is 7.88. The molecule has 4 heteroatoms. The van der Waals surface area contributed by atoms with Crippen LogP contribution in [0.1, 0.15) is 45.4 Å². The minimum absolute atomic E-state index is 0.0256. The first-order chi connectivity index (χ1) is 8.67. The lowest BCUT2D eigenvalue weighted by Gasteiger charge is -2.27. The first-order valence-corrected chi connectivity index (χ1v) is 7.12. The molecule has 0 aliphatic heterocycles. The zero-order valence-corrected chi connectivity index (χ0v) is 11.7. The smallest absolute Gasteiger partial charge is 0.319 e. The zero-order chi connectivity index (χ0) is 13.4. The lowest BCUT2D eigenvalue weighted by atomic mass is 9.76. The Balaban J connectivity index is 2.93. The summed E-state index contributed by atoms with van der Waals surface area (Å²) >= 11 is 5.59. The Morgan fingerprint density at radius 1 is 1.39 bits per heavy atom. The first-order valence-electron chi connectivity index (χ1n) is 6.59. The minimum atomic E-state index is -0.963. The number of hydrogen-bond donors (Lipinski definition) is 0. The largest absolute Gasteiger partial charge is 0.465 e. The van der Waals surface area contributed by atoms with Gasteiger partial charge in [0, 0.05) is 12.3 Å². The van der Waals surface area contributed by atoms with Crippen molar-refractivity contribution in [3.05, 3.63) is 12.2 Å². The summed E-state index contributed by atoms with van der Waals surface area (Å²) in [6, 6.07) is 0. The Morgan fingerprint density at radius 2 is 2.17 bits per heavy atom. The van der Waals surface area contributed by atoms with E-state index < -0.39 is 5.41 Å². The van der Waals surface area contributed by atoms with Gasteiger partial charge in [-0.05, 0) is 26.2 Å². The highest BCUT2D eigenvalue weighted by atomic mass is 35.5. The van der Waals surface area contributed by atoms with Crippen molar-refractivity contribution < 1.29 is 14.3 Å². The molecule has 1 unspecified atom stereocenters. The van der Waals surface area contributed by atoms with Crippen LogP contribution in [0, 0.1) is 5.41 Å². The van der Waals surface area contributed by atoms with Crippen LogP contribution < -0.4 is 0 Å². The van der Waals surface area contributed by atoms with E-state index in [1.54, 1.807) is 13.0 Å². The van der Waals surface area contributed by atoms with Gasteiger partial charge < -0.3 is 4.74 Å². The Hall–Kier alpha value is -0.830. The molecule has 102 valence electrons. The molecule has 1 atom stereocenters. The van der Waals surface area contributed by atoms with E-state index in [0.717, 1.165) is 19.3 Å². The molecule has 0 aromatic rings. The number of allylic oxidation sites excluding steroid dienone is 2. The zero-order valence-electron chi connectivity index (χ0n) is 10.9. The van der Waals surface area contributed by atoms with E-state index in [2.05, 4.69) is 0 Å². The van der Waals surface area contributed by atoms with E-state index in [1.807, 2.05) is 6.08 Å². The summed E-state index contributed by atoms with van der Waals surface area (Å²) in [5.74, 6) is 0.0568. The molecule has 0 bridgehead atoms. The molecule has 0 saturated heterocycles. The van der Waals surface area contributed by atoms with Gasteiger partial charge >= 0.3 is 5.97 Å². The van der Waals surface area contributed by atoms with Crippen LogP contribution in [0.4, 0.5) is 0 Å². The van der Waals surface area contributed by atoms with Crippen molar-refractivity contribution in [2.24, 2.45) is 5.41 Å². The number of carbonyl (C=O) groups excluding carboxylic acids is 2. The van der Waals surface area contributed by atoms with Gasteiger partial charge in [-0.1, -0.05) is 25.0 Å². The number of carbonyl (C=O) groups is 2. The van der Waals surface area contributed by atoms with Crippen molar-refractivity contribution in [2.75, 3.05) is 12.5 Å². The fourth-order valence-corrected chi connectivity index (χ4v) is 2.53. The summed E-state index contributed by atoms with van der Waals surface area (Å²) in [6.45, 7) is 2.08. The topological polar surface area (TPSA) is 43.4 Å². The van der Waals surface area contributed by atoms with Gasteiger partial charge in [0.25, 0.3) is 0 Å². The van der Waals surface area contributed by atoms with Crippen LogP contribution in [0.25, 0.3) is 0 Å². The highest BCUT2D eigenvalue weighted by Gasteiger charge is 2.45. The van der Waals surface area contributed by atoms with Crippen molar-refractivity contribution >= 4 is 23.4 Å². The van der Waals surface area contributed by atoms with Crippen LogP contribution in [0.3, 0.4) is 0 Å². The van der Waals surface area contributed by atoms with Gasteiger partial charge in [0.15, 0.2) is 0 Å². The highest BCUT2D eigenvalue weighted by Crippen LogP contribution is 2.37. The number of ketones is 1. The monoisotopic (exact) mass is 272 g/mol. The Morgan fingerprint density at radius 3 is 2.83 bits per heavy atom. The van der Waals surface area contributed by atoms with Crippen molar-refractivity contribution in [2.45, 2.75) is 45.4 Å². The molecular weight excluding hydrogens is 252 g/mol. The number of ether oxygens (including phenoxy) is 1. The molecule has 3 nitrogen and oxygen atoms in total. The number of alkyl halides is 1. The van der Waals surface area contributed by atoms with Crippen molar-refractivity contribution in [3.8, 4) is 0 Å². The van der Waals surface area contributed by atoms with Gasteiger partial charge in [-0.15, -0.1) is 11.6 Å². The van der Waals surface area contributed by atoms with Crippen LogP contribution in [0.5, 0.6) is 0 Å². The number of halogens is 1. The lowest BCUT2D eigenvalue weighted by Crippen LogP contribution is -2.39. The molecule has 0 radical (unpaired) electrons. The first kappa shape index (κ1) is 15.2. The quantitative estimate of drug-likeness (QED) is 0.254. The molecule has 0 spiro atoms. The van der Waals surface area contributed by atoms with E-state index in [9.17, 15) is 9.59 Å². The van der Waals surface area contributed by atoms with Crippen molar-refractivity contribution in [3.63, 3.8) is 0 Å². The van der Waals surface area contributed by atoms with Gasteiger partial charge in [0.2, 0.25) is 0 Å². The number of rotatable bonds is 5. The average molecular weight is 273 g/mol. The second-order valence-electron chi connectivity index (χ2n) is 4.62. The van der Waals surface area contributed by atoms with Crippen LogP contribution in [-0.4, -0.2) is 24.2 Å². The molecule has 1 rings (SSSR count). The van der Waals surface area contributed by atoms with Gasteiger partial charge in [-0.3, -0.25) is 9.59 Å². The SMILES string of the molecule is CCOC(=O)C1(C/C=C\CCl)CCCCCC1=O. The highest BCUT2D eigenvalue weighted by molar-refractivity contribution is 6.18. The van der Waals surface area contributed by atoms with Gasteiger partial charge in [-0.25, -0.2) is 0 Å². The molecule has 18 heavy (non-hydrogen) atoms. The lowest BCUT2D eigenvalue weighted by molar-refractivity contribution is -0.160. The molecule has 0 amide bonds. The predicted molar refractivity (Wildman–Crippen MR) is 71.6 cm³/mol. The van der Waals surface area contributed by atoms with Crippen LogP contribution in [-0.2, 0) is 14.3 Å². The number of esters is 1. The maximum Gasteiger partial charge on any atom is 0.319 e. The van der Waals surface area contributed by atoms with E-state index in [0.29, 0.717) is 31.7 Å². The van der Waals surface area contributed by atoms with Crippen LogP contribution >= 0.6 is 11.6 Å². The molecule has 0 N–H and O–H groups in total. The Kier molecular flexibility index (Phi) is 6.41. The number of Topliss-reactive ketones (excluding diaryl/α,β-unsaturated/α-hetero) is 1. The van der Waals surface area contributed by atoms with Gasteiger partial charge in [0.05, 0.1) is 6.61 Å².